The van der Waals surface area contributed by atoms with Gasteiger partial charge in [0.25, 0.3) is 0 Å². The molecule has 0 aliphatic rings. The molecule has 6 heavy (non-hydrogen) atoms. The van der Waals surface area contributed by atoms with E-state index in [4.69, 9.17) is 0 Å². The summed E-state index contributed by atoms with van der Waals surface area (Å²) in [5, 5.41) is 5.47. The Hall–Kier alpha value is -0.221. The molecule has 0 aromatic heterocycles. The third-order valence-electron chi connectivity index (χ3n) is 0.107. The van der Waals surface area contributed by atoms with Crippen LogP contribution in [0.5, 0.6) is 0 Å². The number of rotatable bonds is 1. The number of halogens is 1. The molecule has 0 radical (unpaired) electrons. The number of nitrogens with zero attached hydrogens (tertiary/aromatic N) is 3. The Morgan fingerprint density at radius 1 is 1.67 bits per heavy atom. The molecule has 0 heterocycles. The van der Waals surface area contributed by atoms with Crippen LogP contribution in [0, 0.1) is 0 Å². The Morgan fingerprint density at radius 3 is 2.50 bits per heavy atom. The number of hydrogen-bond donors (Lipinski definition) is 1. The van der Waals surface area contributed by atoms with Crippen molar-refractivity contribution in [3.8, 4) is 0 Å². The first-order valence-electron chi connectivity index (χ1n) is 0.933. The predicted molar refractivity (Wildman–Crippen MR) is 12.6 cm³/mol. The molecule has 0 fully saturated rings. The van der Waals surface area contributed by atoms with Crippen molar-refractivity contribution in [3.05, 3.63) is 0 Å². The van der Waals surface area contributed by atoms with Crippen molar-refractivity contribution >= 4 is 0 Å². The summed E-state index contributed by atoms with van der Waals surface area (Å²) >= 11 is -1.72. The van der Waals surface area contributed by atoms with E-state index < -0.39 is 18.0 Å². The summed E-state index contributed by atoms with van der Waals surface area (Å²) in [6.07, 6.45) is 0. The molecule has 0 amide bonds. The molecule has 38 valence electrons. The molecule has 0 spiro atoms. The minimum absolute atomic E-state index is 1.72. The quantitative estimate of drug-likeness (QED) is 0.417. The summed E-state index contributed by atoms with van der Waals surface area (Å²) < 4.78 is 13.8. The van der Waals surface area contributed by atoms with Gasteiger partial charge in [-0.25, -0.2) is 0 Å². The molecule has 0 aromatic carbocycles. The Bertz CT molecular complexity index is 55.9. The van der Waals surface area contributed by atoms with Crippen molar-refractivity contribution in [1.82, 2.24) is 0 Å². The fraction of sp³-hybridized carbons (Fsp3) is 0. The van der Waals surface area contributed by atoms with Crippen LogP contribution in [0.15, 0.2) is 14.2 Å². The summed E-state index contributed by atoms with van der Waals surface area (Å²) in [7, 11) is 0. The Kier molecular flexibility index (Phi) is 4.60. The Balaban J connectivity index is 3.07. The second-order valence-corrected chi connectivity index (χ2v) is 1.21. The number of hydrogen-bond acceptors (Lipinski definition) is 2. The van der Waals surface area contributed by atoms with E-state index in [9.17, 15) is 3.25 Å². The maximum absolute atomic E-state index is 10.9. The Labute approximate surface area is 42.0 Å². The van der Waals surface area contributed by atoms with E-state index in [1.54, 1.807) is 0 Å². The molecule has 4 nitrogen and oxygen atoms in total. The third-order valence-corrected chi connectivity index (χ3v) is 0.502. The molecule has 0 aliphatic heterocycles. The van der Waals surface area contributed by atoms with Gasteiger partial charge in [0.15, 0.2) is 0 Å². The van der Waals surface area contributed by atoms with Crippen LogP contribution in [0.4, 0.5) is 3.25 Å². The van der Waals surface area contributed by atoms with Gasteiger partial charge in [-0.3, -0.25) is 0 Å². The van der Waals surface area contributed by atoms with Gasteiger partial charge < -0.3 is 0 Å². The summed E-state index contributed by atoms with van der Waals surface area (Å²) in [6, 6.07) is 0. The van der Waals surface area contributed by atoms with Crippen molar-refractivity contribution in [1.29, 1.82) is 0 Å². The van der Waals surface area contributed by atoms with E-state index in [0.29, 0.717) is 0 Å². The van der Waals surface area contributed by atoms with Gasteiger partial charge in [0.1, 0.15) is 0 Å². The zero-order valence-corrected chi connectivity index (χ0v) is 5.03. The normalized spacial score (nSPS) is 14.2. The molecule has 6 heteroatoms. The molecular formula is H2FIrN4. The van der Waals surface area contributed by atoms with Crippen molar-refractivity contribution in [3.63, 3.8) is 0 Å². The average Bonchev–Trinajstić information content (AvgIpc) is 1.61. The molecule has 0 aromatic rings. The van der Waals surface area contributed by atoms with Gasteiger partial charge in [-0.15, -0.1) is 0 Å². The van der Waals surface area contributed by atoms with E-state index in [-0.39, 0.29) is 0 Å². The zero-order chi connectivity index (χ0) is 4.83. The van der Waals surface area contributed by atoms with Crippen LogP contribution in [0.3, 0.4) is 0 Å². The SMILES string of the molecule is N/N=N/[N]=[Ir][F]. The molecule has 2 N–H and O–H groups in total. The molecule has 0 saturated carbocycles. The first kappa shape index (κ1) is 5.78. The summed E-state index contributed by atoms with van der Waals surface area (Å²) in [5.41, 5.74) is 0. The predicted octanol–water partition coefficient (Wildman–Crippen LogP) is 0.378. The molecule has 0 rings (SSSR count). The van der Waals surface area contributed by atoms with Crippen LogP contribution >= 0.6 is 0 Å². The van der Waals surface area contributed by atoms with E-state index >= 15 is 0 Å². The van der Waals surface area contributed by atoms with E-state index in [1.807, 2.05) is 0 Å². The molecule has 0 saturated heterocycles. The third kappa shape index (κ3) is 3.78. The summed E-state index contributed by atoms with van der Waals surface area (Å²) in [5.74, 6) is 4.43. The monoisotopic (exact) mass is 270 g/mol. The van der Waals surface area contributed by atoms with Crippen molar-refractivity contribution < 1.29 is 21.3 Å². The summed E-state index contributed by atoms with van der Waals surface area (Å²) in [6.45, 7) is 0. The van der Waals surface area contributed by atoms with Gasteiger partial charge in [0.05, 0.1) is 0 Å². The second kappa shape index (κ2) is 4.78. The molecule has 0 unspecified atom stereocenters. The van der Waals surface area contributed by atoms with Crippen molar-refractivity contribution in [2.45, 2.75) is 0 Å². The second-order valence-electron chi connectivity index (χ2n) is 0.328. The topological polar surface area (TPSA) is 63.1 Å². The standard InChI is InChI=1S/FH.Ir.H2N4/c;;1-3-4-2/h1H;;(H2,1,4)/q;+1;/p-1. The fourth-order valence-corrected chi connectivity index (χ4v) is 0.233. The van der Waals surface area contributed by atoms with Gasteiger partial charge in [-0.2, -0.15) is 0 Å². The van der Waals surface area contributed by atoms with Crippen LogP contribution in [0.1, 0.15) is 0 Å². The number of nitrogens with two attached hydrogens (primary N) is 1. The van der Waals surface area contributed by atoms with Crippen LogP contribution in [0.25, 0.3) is 0 Å². The molecule has 0 aliphatic carbocycles. The molecule has 0 bridgehead atoms. The minimum atomic E-state index is -1.72. The first-order chi connectivity index (χ1) is 2.91. The van der Waals surface area contributed by atoms with E-state index in [0.717, 1.165) is 0 Å². The Morgan fingerprint density at radius 2 is 2.33 bits per heavy atom. The van der Waals surface area contributed by atoms with Gasteiger partial charge in [0, 0.05) is 0 Å². The van der Waals surface area contributed by atoms with Crippen LogP contribution in [-0.4, -0.2) is 0 Å². The fourth-order valence-electron chi connectivity index (χ4n) is 0.0285. The summed E-state index contributed by atoms with van der Waals surface area (Å²) in [4.78, 5) is 0. The van der Waals surface area contributed by atoms with Crippen LogP contribution in [0.2, 0.25) is 0 Å². The maximum atomic E-state index is 10.9. The van der Waals surface area contributed by atoms with Crippen LogP contribution in [-0.2, 0) is 18.0 Å². The average molecular weight is 269 g/mol. The molecular weight excluding hydrogens is 267 g/mol. The van der Waals surface area contributed by atoms with Crippen molar-refractivity contribution in [2.24, 2.45) is 20.0 Å². The van der Waals surface area contributed by atoms with Gasteiger partial charge in [0.2, 0.25) is 0 Å². The van der Waals surface area contributed by atoms with Crippen molar-refractivity contribution in [2.75, 3.05) is 0 Å². The van der Waals surface area contributed by atoms with Gasteiger partial charge >= 0.3 is 41.3 Å². The zero-order valence-electron chi connectivity index (χ0n) is 2.63. The van der Waals surface area contributed by atoms with E-state index in [2.05, 4.69) is 20.0 Å². The van der Waals surface area contributed by atoms with Crippen LogP contribution < -0.4 is 5.84 Å². The van der Waals surface area contributed by atoms with Gasteiger partial charge in [-0.1, -0.05) is 0 Å². The van der Waals surface area contributed by atoms with E-state index in [1.165, 1.54) is 0 Å². The first-order valence-corrected chi connectivity index (χ1v) is 2.91. The van der Waals surface area contributed by atoms with Gasteiger partial charge in [-0.05, 0) is 0 Å². The molecule has 0 atom stereocenters.